The van der Waals surface area contributed by atoms with Gasteiger partial charge in [0.2, 0.25) is 0 Å². The summed E-state index contributed by atoms with van der Waals surface area (Å²) in [7, 11) is 0. The van der Waals surface area contributed by atoms with Gasteiger partial charge in [0.25, 0.3) is 0 Å². The second-order valence-corrected chi connectivity index (χ2v) is 8.72. The van der Waals surface area contributed by atoms with Crippen molar-refractivity contribution in [3.05, 3.63) is 53.4 Å². The first-order valence-corrected chi connectivity index (χ1v) is 12.6. The Morgan fingerprint density at radius 1 is 0.719 bits per heavy atom. The third-order valence-corrected chi connectivity index (χ3v) is 5.90. The maximum absolute atomic E-state index is 14.7. The zero-order valence-corrected chi connectivity index (χ0v) is 20.0. The number of hydrogen-bond acceptors (Lipinski definition) is 2. The average molecular weight is 443 g/mol. The molecule has 0 N–H and O–H groups in total. The van der Waals surface area contributed by atoms with Gasteiger partial charge in [0.05, 0.1) is 5.56 Å². The van der Waals surface area contributed by atoms with E-state index in [9.17, 15) is 8.78 Å². The maximum Gasteiger partial charge on any atom is 0.170 e. The molecule has 0 amide bonds. The van der Waals surface area contributed by atoms with Gasteiger partial charge in [-0.1, -0.05) is 96.3 Å². The zero-order valence-electron chi connectivity index (χ0n) is 20.0. The lowest BCUT2D eigenvalue weighted by atomic mass is 10.1. The van der Waals surface area contributed by atoms with Crippen LogP contribution >= 0.6 is 0 Å². The summed E-state index contributed by atoms with van der Waals surface area (Å²) in [5.41, 5.74) is 1.43. The van der Waals surface area contributed by atoms with Crippen molar-refractivity contribution in [1.82, 2.24) is 9.97 Å². The molecule has 32 heavy (non-hydrogen) atoms. The lowest BCUT2D eigenvalue weighted by Gasteiger charge is -2.07. The van der Waals surface area contributed by atoms with Crippen molar-refractivity contribution < 1.29 is 8.78 Å². The molecule has 176 valence electrons. The van der Waals surface area contributed by atoms with E-state index < -0.39 is 11.6 Å². The van der Waals surface area contributed by atoms with Gasteiger partial charge in [-0.05, 0) is 37.3 Å². The second kappa shape index (κ2) is 15.7. The summed E-state index contributed by atoms with van der Waals surface area (Å²) >= 11 is 0. The lowest BCUT2D eigenvalue weighted by molar-refractivity contribution is 0.509. The highest BCUT2D eigenvalue weighted by atomic mass is 19.2. The van der Waals surface area contributed by atoms with E-state index in [4.69, 9.17) is 0 Å². The topological polar surface area (TPSA) is 25.8 Å². The fraction of sp³-hybridized carbons (Fsp3) is 0.571. The van der Waals surface area contributed by atoms with Gasteiger partial charge in [0, 0.05) is 18.0 Å². The number of aromatic nitrogens is 2. The highest BCUT2D eigenvalue weighted by Crippen LogP contribution is 2.25. The molecule has 2 nitrogen and oxygen atoms in total. The Morgan fingerprint density at radius 2 is 1.31 bits per heavy atom. The van der Waals surface area contributed by atoms with E-state index in [0.717, 1.165) is 31.2 Å². The summed E-state index contributed by atoms with van der Waals surface area (Å²) in [5, 5.41) is 0. The molecule has 1 heterocycles. The van der Waals surface area contributed by atoms with E-state index >= 15 is 0 Å². The SMILES string of the molecule is CCCCCCCC=Cc1ccc(-c2ncc(CCCCCCCCC)cn2)c(F)c1F. The summed E-state index contributed by atoms with van der Waals surface area (Å²) in [4.78, 5) is 8.59. The van der Waals surface area contributed by atoms with Crippen LogP contribution in [0.15, 0.2) is 30.6 Å². The number of benzene rings is 1. The van der Waals surface area contributed by atoms with Gasteiger partial charge in [-0.15, -0.1) is 0 Å². The molecule has 2 rings (SSSR count). The summed E-state index contributed by atoms with van der Waals surface area (Å²) in [6.07, 6.45) is 23.7. The molecular formula is C28H40F2N2. The van der Waals surface area contributed by atoms with Gasteiger partial charge < -0.3 is 0 Å². The van der Waals surface area contributed by atoms with Gasteiger partial charge in [0.15, 0.2) is 17.5 Å². The molecule has 0 bridgehead atoms. The molecule has 0 atom stereocenters. The fourth-order valence-electron chi connectivity index (χ4n) is 3.85. The number of rotatable bonds is 16. The van der Waals surface area contributed by atoms with Crippen LogP contribution in [0.4, 0.5) is 8.78 Å². The Hall–Kier alpha value is -2.10. The van der Waals surface area contributed by atoms with Crippen molar-refractivity contribution in [3.8, 4) is 11.4 Å². The standard InChI is InChI=1S/C28H40F2N2/c1-3-5-7-9-11-13-15-17-23-21-31-28(32-22-23)25-20-19-24(26(29)27(25)30)18-16-14-12-10-8-6-4-2/h16,18-22H,3-15,17H2,1-2H3. The molecule has 0 aliphatic carbocycles. The minimum absolute atomic E-state index is 0.113. The number of halogens is 2. The predicted octanol–water partition coefficient (Wildman–Crippen LogP) is 9.09. The van der Waals surface area contributed by atoms with E-state index in [2.05, 4.69) is 23.8 Å². The van der Waals surface area contributed by atoms with Crippen LogP contribution in [0, 0.1) is 11.6 Å². The Labute approximate surface area is 193 Å². The molecule has 4 heteroatoms. The average Bonchev–Trinajstić information content (AvgIpc) is 2.81. The van der Waals surface area contributed by atoms with E-state index in [1.54, 1.807) is 30.6 Å². The van der Waals surface area contributed by atoms with E-state index in [1.807, 2.05) is 6.08 Å². The minimum Gasteiger partial charge on any atom is -0.236 e. The molecule has 0 aliphatic heterocycles. The van der Waals surface area contributed by atoms with Gasteiger partial charge in [-0.2, -0.15) is 0 Å². The molecule has 0 fully saturated rings. The largest absolute Gasteiger partial charge is 0.236 e. The zero-order chi connectivity index (χ0) is 23.0. The van der Waals surface area contributed by atoms with Crippen LogP contribution in [0.1, 0.15) is 108 Å². The number of aryl methyl sites for hydroxylation is 1. The number of unbranched alkanes of at least 4 members (excludes halogenated alkanes) is 11. The molecule has 0 saturated carbocycles. The number of allylic oxidation sites excluding steroid dienone is 1. The molecule has 0 aliphatic rings. The van der Waals surface area contributed by atoms with Crippen LogP contribution in [-0.2, 0) is 6.42 Å². The van der Waals surface area contributed by atoms with Crippen molar-refractivity contribution in [2.75, 3.05) is 0 Å². The summed E-state index contributed by atoms with van der Waals surface area (Å²) < 4.78 is 29.2. The van der Waals surface area contributed by atoms with Gasteiger partial charge in [-0.3, -0.25) is 0 Å². The first kappa shape index (κ1) is 26.2. The fourth-order valence-corrected chi connectivity index (χ4v) is 3.85. The predicted molar refractivity (Wildman–Crippen MR) is 131 cm³/mol. The summed E-state index contributed by atoms with van der Waals surface area (Å²) in [5.74, 6) is -1.48. The third kappa shape index (κ3) is 9.18. The molecule has 0 radical (unpaired) electrons. The van der Waals surface area contributed by atoms with Crippen LogP contribution in [0.2, 0.25) is 0 Å². The molecule has 0 unspecified atom stereocenters. The van der Waals surface area contributed by atoms with Crippen LogP contribution in [0.25, 0.3) is 17.5 Å². The highest BCUT2D eigenvalue weighted by Gasteiger charge is 2.15. The minimum atomic E-state index is -0.880. The van der Waals surface area contributed by atoms with E-state index in [0.29, 0.717) is 0 Å². The van der Waals surface area contributed by atoms with Crippen molar-refractivity contribution >= 4 is 6.08 Å². The van der Waals surface area contributed by atoms with Crippen molar-refractivity contribution in [3.63, 3.8) is 0 Å². The first-order chi connectivity index (χ1) is 15.7. The van der Waals surface area contributed by atoms with Crippen LogP contribution in [-0.4, -0.2) is 9.97 Å². The number of hydrogen-bond donors (Lipinski definition) is 0. The summed E-state index contributed by atoms with van der Waals surface area (Å²) in [6.45, 7) is 4.42. The third-order valence-electron chi connectivity index (χ3n) is 5.90. The van der Waals surface area contributed by atoms with Crippen molar-refractivity contribution in [2.24, 2.45) is 0 Å². The monoisotopic (exact) mass is 442 g/mol. The Bertz CT molecular complexity index is 800. The smallest absolute Gasteiger partial charge is 0.170 e. The van der Waals surface area contributed by atoms with E-state index in [1.165, 1.54) is 64.2 Å². The maximum atomic E-state index is 14.7. The first-order valence-electron chi connectivity index (χ1n) is 12.6. The van der Waals surface area contributed by atoms with Gasteiger partial charge >= 0.3 is 0 Å². The Kier molecular flexibility index (Phi) is 12.8. The van der Waals surface area contributed by atoms with Crippen molar-refractivity contribution in [2.45, 2.75) is 104 Å². The molecule has 0 spiro atoms. The van der Waals surface area contributed by atoms with Crippen LogP contribution in [0.3, 0.4) is 0 Å². The van der Waals surface area contributed by atoms with Crippen molar-refractivity contribution in [1.29, 1.82) is 0 Å². The summed E-state index contributed by atoms with van der Waals surface area (Å²) in [6, 6.07) is 3.18. The van der Waals surface area contributed by atoms with Crippen LogP contribution < -0.4 is 0 Å². The second-order valence-electron chi connectivity index (χ2n) is 8.72. The molecule has 1 aromatic heterocycles. The van der Waals surface area contributed by atoms with E-state index in [-0.39, 0.29) is 17.0 Å². The normalized spacial score (nSPS) is 11.5. The Morgan fingerprint density at radius 3 is 1.97 bits per heavy atom. The van der Waals surface area contributed by atoms with Gasteiger partial charge in [0.1, 0.15) is 0 Å². The molecule has 2 aromatic rings. The molecule has 0 saturated heterocycles. The molecule has 1 aromatic carbocycles. The van der Waals surface area contributed by atoms with Crippen LogP contribution in [0.5, 0.6) is 0 Å². The lowest BCUT2D eigenvalue weighted by Crippen LogP contribution is -1.98. The molecular weight excluding hydrogens is 402 g/mol. The number of nitrogens with zero attached hydrogens (tertiary/aromatic N) is 2. The van der Waals surface area contributed by atoms with Gasteiger partial charge in [-0.25, -0.2) is 18.7 Å². The quantitative estimate of drug-likeness (QED) is 0.242. The Balaban J connectivity index is 1.85. The highest BCUT2D eigenvalue weighted by molar-refractivity contribution is 5.61.